The molecule has 1 aliphatic heterocycles. The Labute approximate surface area is 181 Å². The normalized spacial score (nSPS) is 14.5. The number of piperazine rings is 1. The van der Waals surface area contributed by atoms with Gasteiger partial charge in [-0.05, 0) is 19.1 Å². The van der Waals surface area contributed by atoms with Crippen LogP contribution in [0, 0.1) is 12.7 Å². The van der Waals surface area contributed by atoms with E-state index in [0.29, 0.717) is 55.0 Å². The van der Waals surface area contributed by atoms with Crippen LogP contribution >= 0.6 is 0 Å². The first-order valence-electron chi connectivity index (χ1n) is 10.5. The third-order valence-corrected chi connectivity index (χ3v) is 5.73. The van der Waals surface area contributed by atoms with Crippen LogP contribution in [0.5, 0.6) is 0 Å². The fraction of sp³-hybridized carbons (Fsp3) is 0.231. The quantitative estimate of drug-likeness (QED) is 0.582. The molecular weight excluding hydrogens is 391 g/mol. The van der Waals surface area contributed by atoms with Gasteiger partial charge in [0.15, 0.2) is 5.78 Å². The second kappa shape index (κ2) is 9.23. The molecule has 0 unspecified atom stereocenters. The number of amides is 1. The Bertz CT molecular complexity index is 1090. The topological polar surface area (TPSA) is 40.6 Å². The summed E-state index contributed by atoms with van der Waals surface area (Å²) in [6, 6.07) is 21.2. The van der Waals surface area contributed by atoms with E-state index in [4.69, 9.17) is 0 Å². The van der Waals surface area contributed by atoms with Gasteiger partial charge in [0.05, 0.1) is 5.56 Å². The van der Waals surface area contributed by atoms with Crippen molar-refractivity contribution in [1.29, 1.82) is 0 Å². The number of carbonyl (C=O) groups is 2. The van der Waals surface area contributed by atoms with Gasteiger partial charge in [-0.25, -0.2) is 4.39 Å². The van der Waals surface area contributed by atoms with Crippen LogP contribution < -0.4 is 0 Å². The second-order valence-corrected chi connectivity index (χ2v) is 7.90. The Morgan fingerprint density at radius 2 is 1.42 bits per heavy atom. The van der Waals surface area contributed by atoms with E-state index >= 15 is 0 Å². The van der Waals surface area contributed by atoms with E-state index in [0.717, 1.165) is 5.56 Å². The third kappa shape index (κ3) is 4.72. The molecule has 0 saturated carbocycles. The molecule has 4 rings (SSSR count). The largest absolute Gasteiger partial charge is 0.336 e. The van der Waals surface area contributed by atoms with Crippen molar-refractivity contribution >= 4 is 11.7 Å². The summed E-state index contributed by atoms with van der Waals surface area (Å²) in [7, 11) is 0. The molecule has 3 aromatic carbocycles. The molecule has 1 aliphatic rings. The van der Waals surface area contributed by atoms with Crippen LogP contribution in [0.1, 0.15) is 37.4 Å². The van der Waals surface area contributed by atoms with E-state index in [2.05, 4.69) is 4.90 Å². The highest BCUT2D eigenvalue weighted by Crippen LogP contribution is 2.19. The van der Waals surface area contributed by atoms with Crippen LogP contribution in [-0.2, 0) is 6.54 Å². The van der Waals surface area contributed by atoms with E-state index in [1.807, 2.05) is 25.1 Å². The van der Waals surface area contributed by atoms with Gasteiger partial charge >= 0.3 is 0 Å². The van der Waals surface area contributed by atoms with Crippen molar-refractivity contribution in [3.63, 3.8) is 0 Å². The van der Waals surface area contributed by atoms with E-state index in [1.54, 1.807) is 53.4 Å². The minimum Gasteiger partial charge on any atom is -0.336 e. The molecule has 0 spiro atoms. The number of rotatable bonds is 5. The lowest BCUT2D eigenvalue weighted by molar-refractivity contribution is 0.0624. The van der Waals surface area contributed by atoms with E-state index in [9.17, 15) is 14.0 Å². The fourth-order valence-corrected chi connectivity index (χ4v) is 3.87. The Morgan fingerprint density at radius 1 is 0.806 bits per heavy atom. The lowest BCUT2D eigenvalue weighted by atomic mass is 9.97. The number of nitrogens with zero attached hydrogens (tertiary/aromatic N) is 2. The molecule has 1 saturated heterocycles. The summed E-state index contributed by atoms with van der Waals surface area (Å²) >= 11 is 0. The third-order valence-electron chi connectivity index (χ3n) is 5.73. The molecule has 0 aliphatic carbocycles. The number of ketones is 1. The molecular formula is C26H25FN2O2. The monoisotopic (exact) mass is 416 g/mol. The zero-order valence-corrected chi connectivity index (χ0v) is 17.6. The molecule has 1 heterocycles. The van der Waals surface area contributed by atoms with Crippen molar-refractivity contribution in [3.05, 3.63) is 106 Å². The highest BCUT2D eigenvalue weighted by molar-refractivity contribution is 6.15. The summed E-state index contributed by atoms with van der Waals surface area (Å²) in [6.07, 6.45) is 0. The van der Waals surface area contributed by atoms with Crippen LogP contribution in [0.25, 0.3) is 0 Å². The first kappa shape index (κ1) is 20.9. The molecule has 3 aromatic rings. The van der Waals surface area contributed by atoms with Gasteiger partial charge in [-0.1, -0.05) is 66.2 Å². The van der Waals surface area contributed by atoms with Gasteiger partial charge in [-0.15, -0.1) is 0 Å². The summed E-state index contributed by atoms with van der Waals surface area (Å²) in [4.78, 5) is 30.2. The SMILES string of the molecule is Cc1ccc(C(=O)c2ccccc2C(=O)N2CCN(Cc3ccccc3F)CC2)cc1. The standard InChI is InChI=1S/C26H25FN2O2/c1-19-10-12-20(13-11-19)25(30)22-7-3-4-8-23(22)26(31)29-16-14-28(15-17-29)18-21-6-2-5-9-24(21)27/h2-13H,14-18H2,1H3. The Morgan fingerprint density at radius 3 is 2.10 bits per heavy atom. The Kier molecular flexibility index (Phi) is 6.23. The van der Waals surface area contributed by atoms with Crippen LogP contribution in [0.15, 0.2) is 72.8 Å². The first-order chi connectivity index (χ1) is 15.0. The lowest BCUT2D eigenvalue weighted by Gasteiger charge is -2.35. The number of aryl methyl sites for hydroxylation is 1. The maximum atomic E-state index is 13.9. The van der Waals surface area contributed by atoms with Crippen LogP contribution in [0.4, 0.5) is 4.39 Å². The summed E-state index contributed by atoms with van der Waals surface area (Å²) in [5.41, 5.74) is 3.16. The zero-order valence-electron chi connectivity index (χ0n) is 17.6. The lowest BCUT2D eigenvalue weighted by Crippen LogP contribution is -2.48. The molecule has 4 nitrogen and oxygen atoms in total. The van der Waals surface area contributed by atoms with Crippen molar-refractivity contribution in [3.8, 4) is 0 Å². The van der Waals surface area contributed by atoms with E-state index in [-0.39, 0.29) is 17.5 Å². The average molecular weight is 416 g/mol. The molecule has 0 N–H and O–H groups in total. The minimum absolute atomic E-state index is 0.137. The van der Waals surface area contributed by atoms with Crippen molar-refractivity contribution in [1.82, 2.24) is 9.80 Å². The number of hydrogen-bond donors (Lipinski definition) is 0. The minimum atomic E-state index is -0.204. The summed E-state index contributed by atoms with van der Waals surface area (Å²) in [6.45, 7) is 4.90. The predicted molar refractivity (Wildman–Crippen MR) is 119 cm³/mol. The van der Waals surface area contributed by atoms with E-state index in [1.165, 1.54) is 6.07 Å². The van der Waals surface area contributed by atoms with E-state index < -0.39 is 0 Å². The number of benzene rings is 3. The Balaban J connectivity index is 1.45. The molecule has 158 valence electrons. The highest BCUT2D eigenvalue weighted by atomic mass is 19.1. The van der Waals surface area contributed by atoms with Crippen molar-refractivity contribution in [2.75, 3.05) is 26.2 Å². The van der Waals surface area contributed by atoms with Gasteiger partial charge in [0.1, 0.15) is 5.82 Å². The number of carbonyl (C=O) groups excluding carboxylic acids is 2. The van der Waals surface area contributed by atoms with Crippen molar-refractivity contribution in [2.24, 2.45) is 0 Å². The molecule has 0 bridgehead atoms. The molecule has 1 amide bonds. The summed E-state index contributed by atoms with van der Waals surface area (Å²) in [5, 5.41) is 0. The second-order valence-electron chi connectivity index (χ2n) is 7.90. The highest BCUT2D eigenvalue weighted by Gasteiger charge is 2.26. The fourth-order valence-electron chi connectivity index (χ4n) is 3.87. The van der Waals surface area contributed by atoms with Gasteiger partial charge < -0.3 is 4.90 Å². The molecule has 0 aromatic heterocycles. The molecule has 31 heavy (non-hydrogen) atoms. The van der Waals surface area contributed by atoms with Crippen molar-refractivity contribution in [2.45, 2.75) is 13.5 Å². The summed E-state index contributed by atoms with van der Waals surface area (Å²) < 4.78 is 13.9. The molecule has 1 fully saturated rings. The molecule has 5 heteroatoms. The predicted octanol–water partition coefficient (Wildman–Crippen LogP) is 4.32. The maximum absolute atomic E-state index is 13.9. The van der Waals surface area contributed by atoms with Crippen LogP contribution in [-0.4, -0.2) is 47.7 Å². The van der Waals surface area contributed by atoms with Crippen molar-refractivity contribution < 1.29 is 14.0 Å². The van der Waals surface area contributed by atoms with Gasteiger partial charge in [-0.3, -0.25) is 14.5 Å². The first-order valence-corrected chi connectivity index (χ1v) is 10.5. The number of halogens is 1. The molecule has 0 radical (unpaired) electrons. The average Bonchev–Trinajstić information content (AvgIpc) is 2.81. The number of hydrogen-bond acceptors (Lipinski definition) is 3. The maximum Gasteiger partial charge on any atom is 0.254 e. The van der Waals surface area contributed by atoms with Gasteiger partial charge in [0.25, 0.3) is 5.91 Å². The molecule has 0 atom stereocenters. The summed E-state index contributed by atoms with van der Waals surface area (Å²) in [5.74, 6) is -0.492. The van der Waals surface area contributed by atoms with Gasteiger partial charge in [0, 0.05) is 49.4 Å². The van der Waals surface area contributed by atoms with Gasteiger partial charge in [-0.2, -0.15) is 0 Å². The Hall–Kier alpha value is -3.31. The van der Waals surface area contributed by atoms with Crippen LogP contribution in [0.3, 0.4) is 0 Å². The smallest absolute Gasteiger partial charge is 0.254 e. The zero-order chi connectivity index (χ0) is 21.8. The van der Waals surface area contributed by atoms with Crippen LogP contribution in [0.2, 0.25) is 0 Å². The van der Waals surface area contributed by atoms with Gasteiger partial charge in [0.2, 0.25) is 0 Å².